The lowest BCUT2D eigenvalue weighted by molar-refractivity contribution is -0.130. The van der Waals surface area contributed by atoms with Crippen LogP contribution in [0.1, 0.15) is 18.4 Å². The Bertz CT molecular complexity index is 856. The number of nitrogens with zero attached hydrogens (tertiary/aromatic N) is 1. The zero-order chi connectivity index (χ0) is 19.9. The highest BCUT2D eigenvalue weighted by Crippen LogP contribution is 2.26. The molecule has 5 nitrogen and oxygen atoms in total. The molecule has 1 heterocycles. The molecule has 0 saturated carbocycles. The zero-order valence-electron chi connectivity index (χ0n) is 15.7. The first-order valence-corrected chi connectivity index (χ1v) is 9.61. The Balaban J connectivity index is 1.51. The second-order valence-electron chi connectivity index (χ2n) is 6.67. The number of anilines is 1. The fourth-order valence-corrected chi connectivity index (χ4v) is 3.32. The van der Waals surface area contributed by atoms with Crippen molar-refractivity contribution in [1.29, 1.82) is 0 Å². The maximum Gasteiger partial charge on any atom is 0.246 e. The second-order valence-corrected chi connectivity index (χ2v) is 7.11. The van der Waals surface area contributed by atoms with Gasteiger partial charge in [-0.3, -0.25) is 9.59 Å². The third-order valence-corrected chi connectivity index (χ3v) is 5.08. The number of amides is 2. The highest BCUT2D eigenvalue weighted by Gasteiger charge is 2.27. The molecule has 0 bridgehead atoms. The van der Waals surface area contributed by atoms with Crippen molar-refractivity contribution < 1.29 is 14.3 Å². The summed E-state index contributed by atoms with van der Waals surface area (Å²) in [6.45, 7) is 1.13. The van der Waals surface area contributed by atoms with Crippen molar-refractivity contribution in [2.75, 3.05) is 25.5 Å². The molecule has 28 heavy (non-hydrogen) atoms. The molecule has 1 saturated heterocycles. The molecule has 1 fully saturated rings. The summed E-state index contributed by atoms with van der Waals surface area (Å²) in [4.78, 5) is 26.7. The number of methoxy groups -OCH3 is 1. The van der Waals surface area contributed by atoms with Gasteiger partial charge in [-0.25, -0.2) is 0 Å². The van der Waals surface area contributed by atoms with Gasteiger partial charge < -0.3 is 15.0 Å². The van der Waals surface area contributed by atoms with Crippen LogP contribution >= 0.6 is 11.6 Å². The summed E-state index contributed by atoms with van der Waals surface area (Å²) in [7, 11) is 1.58. The van der Waals surface area contributed by atoms with Crippen LogP contribution in [0.3, 0.4) is 0 Å². The molecule has 2 aromatic carbocycles. The molecule has 0 atom stereocenters. The molecule has 0 spiro atoms. The van der Waals surface area contributed by atoms with Crippen LogP contribution in [-0.2, 0) is 9.59 Å². The third-order valence-electron chi connectivity index (χ3n) is 4.83. The van der Waals surface area contributed by atoms with Crippen LogP contribution < -0.4 is 10.1 Å². The predicted octanol–water partition coefficient (Wildman–Crippen LogP) is 4.24. The Morgan fingerprint density at radius 2 is 1.79 bits per heavy atom. The Hall–Kier alpha value is -2.79. The number of halogens is 1. The van der Waals surface area contributed by atoms with Crippen LogP contribution in [0.4, 0.5) is 5.69 Å². The average molecular weight is 399 g/mol. The summed E-state index contributed by atoms with van der Waals surface area (Å²) in [5.41, 5.74) is 1.59. The highest BCUT2D eigenvalue weighted by molar-refractivity contribution is 6.30. The number of carbonyl (C=O) groups is 2. The number of nitrogens with one attached hydrogen (secondary N) is 1. The smallest absolute Gasteiger partial charge is 0.246 e. The number of likely N-dealkylation sites (tertiary alicyclic amines) is 1. The first-order valence-electron chi connectivity index (χ1n) is 9.23. The molecule has 146 valence electrons. The molecule has 0 radical (unpaired) electrons. The highest BCUT2D eigenvalue weighted by atomic mass is 35.5. The third kappa shape index (κ3) is 5.14. The summed E-state index contributed by atoms with van der Waals surface area (Å²) in [6, 6.07) is 14.6. The van der Waals surface area contributed by atoms with Gasteiger partial charge in [0.25, 0.3) is 0 Å². The van der Waals surface area contributed by atoms with Crippen molar-refractivity contribution in [2.45, 2.75) is 12.8 Å². The van der Waals surface area contributed by atoms with E-state index in [1.165, 1.54) is 0 Å². The van der Waals surface area contributed by atoms with Crippen molar-refractivity contribution in [3.8, 4) is 5.75 Å². The number of para-hydroxylation sites is 2. The molecule has 0 aliphatic carbocycles. The van der Waals surface area contributed by atoms with Gasteiger partial charge in [-0.2, -0.15) is 0 Å². The quantitative estimate of drug-likeness (QED) is 0.766. The van der Waals surface area contributed by atoms with E-state index in [4.69, 9.17) is 16.3 Å². The maximum atomic E-state index is 12.6. The van der Waals surface area contributed by atoms with E-state index in [-0.39, 0.29) is 17.7 Å². The zero-order valence-corrected chi connectivity index (χ0v) is 16.5. The molecule has 6 heteroatoms. The van der Waals surface area contributed by atoms with Gasteiger partial charge in [0.2, 0.25) is 11.8 Å². The normalized spacial score (nSPS) is 14.9. The monoisotopic (exact) mass is 398 g/mol. The van der Waals surface area contributed by atoms with Crippen LogP contribution in [0.5, 0.6) is 5.75 Å². The number of rotatable bonds is 5. The molecule has 0 unspecified atom stereocenters. The van der Waals surface area contributed by atoms with Crippen molar-refractivity contribution in [3.05, 3.63) is 65.2 Å². The Kier molecular flexibility index (Phi) is 6.71. The minimum Gasteiger partial charge on any atom is -0.495 e. The van der Waals surface area contributed by atoms with E-state index in [1.807, 2.05) is 36.4 Å². The van der Waals surface area contributed by atoms with E-state index >= 15 is 0 Å². The average Bonchev–Trinajstić information content (AvgIpc) is 2.73. The van der Waals surface area contributed by atoms with Crippen LogP contribution in [0.15, 0.2) is 54.6 Å². The van der Waals surface area contributed by atoms with Crippen molar-refractivity contribution in [3.63, 3.8) is 0 Å². The standard InChI is InChI=1S/C22H23ClN2O3/c1-28-20-5-3-2-4-19(20)24-22(27)17-12-14-25(15-13-17)21(26)11-8-16-6-9-18(23)10-7-16/h2-11,17H,12-15H2,1H3,(H,24,27)/b11-8+. The van der Waals surface area contributed by atoms with E-state index in [9.17, 15) is 9.59 Å². The van der Waals surface area contributed by atoms with Gasteiger partial charge in [-0.1, -0.05) is 35.9 Å². The summed E-state index contributed by atoms with van der Waals surface area (Å²) >= 11 is 5.86. The Morgan fingerprint density at radius 3 is 2.46 bits per heavy atom. The Labute approximate surface area is 169 Å². The van der Waals surface area contributed by atoms with E-state index in [1.54, 1.807) is 36.3 Å². The first kappa shape index (κ1) is 20.0. The van der Waals surface area contributed by atoms with Gasteiger partial charge in [0, 0.05) is 30.1 Å². The molecule has 2 aromatic rings. The van der Waals surface area contributed by atoms with Crippen LogP contribution in [-0.4, -0.2) is 36.9 Å². The largest absolute Gasteiger partial charge is 0.495 e. The molecule has 1 aliphatic heterocycles. The van der Waals surface area contributed by atoms with E-state index in [0.717, 1.165) is 5.56 Å². The SMILES string of the molecule is COc1ccccc1NC(=O)C1CCN(C(=O)/C=C/c2ccc(Cl)cc2)CC1. The van der Waals surface area contributed by atoms with Crippen molar-refractivity contribution >= 4 is 35.2 Å². The fourth-order valence-electron chi connectivity index (χ4n) is 3.19. The van der Waals surface area contributed by atoms with Crippen LogP contribution in [0, 0.1) is 5.92 Å². The first-order chi connectivity index (χ1) is 13.6. The van der Waals surface area contributed by atoms with Crippen molar-refractivity contribution in [2.24, 2.45) is 5.92 Å². The minimum absolute atomic E-state index is 0.0340. The lowest BCUT2D eigenvalue weighted by Crippen LogP contribution is -2.40. The fraction of sp³-hybridized carbons (Fsp3) is 0.273. The van der Waals surface area contributed by atoms with Crippen LogP contribution in [0.25, 0.3) is 6.08 Å². The summed E-state index contributed by atoms with van der Waals surface area (Å²) in [5.74, 6) is 0.442. The summed E-state index contributed by atoms with van der Waals surface area (Å²) in [6.07, 6.45) is 4.63. The number of piperidine rings is 1. The van der Waals surface area contributed by atoms with Gasteiger partial charge in [-0.05, 0) is 48.7 Å². The van der Waals surface area contributed by atoms with Crippen molar-refractivity contribution in [1.82, 2.24) is 4.90 Å². The van der Waals surface area contributed by atoms with E-state index < -0.39 is 0 Å². The van der Waals surface area contributed by atoms with Gasteiger partial charge >= 0.3 is 0 Å². The van der Waals surface area contributed by atoms with Gasteiger partial charge in [-0.15, -0.1) is 0 Å². The number of benzene rings is 2. The molecule has 1 N–H and O–H groups in total. The van der Waals surface area contributed by atoms with Gasteiger partial charge in [0.1, 0.15) is 5.75 Å². The Morgan fingerprint density at radius 1 is 1.11 bits per heavy atom. The van der Waals surface area contributed by atoms with Gasteiger partial charge in [0.05, 0.1) is 12.8 Å². The van der Waals surface area contributed by atoms with E-state index in [2.05, 4.69) is 5.32 Å². The summed E-state index contributed by atoms with van der Waals surface area (Å²) < 4.78 is 5.27. The lowest BCUT2D eigenvalue weighted by Gasteiger charge is -2.30. The number of hydrogen-bond acceptors (Lipinski definition) is 3. The predicted molar refractivity (Wildman–Crippen MR) is 111 cm³/mol. The second kappa shape index (κ2) is 9.42. The lowest BCUT2D eigenvalue weighted by atomic mass is 9.95. The minimum atomic E-state index is -0.116. The van der Waals surface area contributed by atoms with E-state index in [0.29, 0.717) is 42.4 Å². The number of carbonyl (C=O) groups excluding carboxylic acids is 2. The topological polar surface area (TPSA) is 58.6 Å². The molecule has 1 aliphatic rings. The maximum absolute atomic E-state index is 12.6. The molecule has 3 rings (SSSR count). The van der Waals surface area contributed by atoms with Crippen LogP contribution in [0.2, 0.25) is 5.02 Å². The molecule has 0 aromatic heterocycles. The molecular weight excluding hydrogens is 376 g/mol. The molecule has 2 amide bonds. The van der Waals surface area contributed by atoms with Gasteiger partial charge in [0.15, 0.2) is 0 Å². The number of hydrogen-bond donors (Lipinski definition) is 1. The molecular formula is C22H23ClN2O3. The number of ether oxygens (including phenoxy) is 1. The summed E-state index contributed by atoms with van der Waals surface area (Å²) in [5, 5.41) is 3.60.